The molecule has 1 aliphatic heterocycles. The summed E-state index contributed by atoms with van der Waals surface area (Å²) < 4.78 is 27.2. The molecule has 12 nitrogen and oxygen atoms in total. The van der Waals surface area contributed by atoms with Crippen LogP contribution in [0.25, 0.3) is 27.9 Å². The Labute approximate surface area is 299 Å². The quantitative estimate of drug-likeness (QED) is 0.0511. The predicted octanol–water partition coefficient (Wildman–Crippen LogP) is 6.79. The van der Waals surface area contributed by atoms with Crippen molar-refractivity contribution in [3.05, 3.63) is 119 Å². The molecule has 4 aromatic carbocycles. The summed E-state index contributed by atoms with van der Waals surface area (Å²) in [4.78, 5) is 45.2. The maximum absolute atomic E-state index is 14.4. The monoisotopic (exact) mass is 706 g/mol. The number of ether oxygens (including phenoxy) is 4. The number of benzene rings is 4. The molecule has 0 aliphatic carbocycles. The van der Waals surface area contributed by atoms with Crippen molar-refractivity contribution >= 4 is 45.8 Å². The van der Waals surface area contributed by atoms with Crippen LogP contribution in [-0.2, 0) is 30.4 Å². The fraction of sp³-hybridized carbons (Fsp3) is 0.250. The lowest BCUT2D eigenvalue weighted by atomic mass is 9.87. The van der Waals surface area contributed by atoms with Gasteiger partial charge in [-0.15, -0.1) is 0 Å². The Morgan fingerprint density at radius 3 is 2.48 bits per heavy atom. The largest absolute Gasteiger partial charge is 0.503 e. The molecule has 0 spiro atoms. The van der Waals surface area contributed by atoms with Crippen LogP contribution in [0.4, 0.5) is 0 Å². The Hall–Kier alpha value is -6.14. The fourth-order valence-corrected chi connectivity index (χ4v) is 6.16. The number of allylic oxidation sites excluding steroid dienone is 1. The molecule has 2 atom stereocenters. The Balaban J connectivity index is 1.40. The molecule has 0 saturated heterocycles. The van der Waals surface area contributed by atoms with Crippen molar-refractivity contribution in [2.45, 2.75) is 38.3 Å². The first-order valence-corrected chi connectivity index (χ1v) is 16.7. The molecule has 52 heavy (non-hydrogen) atoms. The second-order valence-corrected chi connectivity index (χ2v) is 12.3. The number of nitrogens with zero attached hydrogens (tertiary/aromatic N) is 2. The van der Waals surface area contributed by atoms with Gasteiger partial charge in [0.1, 0.15) is 12.1 Å². The van der Waals surface area contributed by atoms with Gasteiger partial charge >= 0.3 is 11.9 Å². The summed E-state index contributed by atoms with van der Waals surface area (Å²) in [6, 6.07) is 25.9. The average Bonchev–Trinajstić information content (AvgIpc) is 3.80. The Morgan fingerprint density at radius 1 is 0.923 bits per heavy atom. The van der Waals surface area contributed by atoms with E-state index in [1.54, 1.807) is 12.1 Å². The number of aliphatic carboxylic acids is 1. The van der Waals surface area contributed by atoms with Gasteiger partial charge in [0.15, 0.2) is 22.8 Å². The van der Waals surface area contributed by atoms with Crippen LogP contribution in [0, 0.1) is 0 Å². The maximum Gasteiger partial charge on any atom is 0.338 e. The first-order chi connectivity index (χ1) is 25.2. The molecular formula is C40H38N2O10. The van der Waals surface area contributed by atoms with Gasteiger partial charge in [0, 0.05) is 25.6 Å². The Kier molecular flexibility index (Phi) is 11.2. The number of hydrogen-bond donors (Lipinski definition) is 2. The molecule has 0 bridgehead atoms. The molecule has 0 saturated carbocycles. The topological polar surface area (TPSA) is 158 Å². The Morgan fingerprint density at radius 2 is 1.69 bits per heavy atom. The lowest BCUT2D eigenvalue weighted by Crippen LogP contribution is -2.43. The standard InChI is InChI=1S/C40H38N2O10/c1-25(30(29-16-17-34-35(21-29)51-24-50-34)10-7-13-36-41-32-11-5-6-12-33(32)52-36)42(23-26-14-15-27-8-3-4-9-28(27)20-26)39(46)38(45)31(22-37(43)44)40(47)49-19-18-48-2/h3-9,11-17,20-21,25,30,45H,10,18-19,22-24H2,1-2H3,(H,43,44)/b13-7+,38-31?/t25-,30+/m1/s1. The zero-order valence-electron chi connectivity index (χ0n) is 28.7. The smallest absolute Gasteiger partial charge is 0.338 e. The van der Waals surface area contributed by atoms with E-state index in [-0.39, 0.29) is 26.6 Å². The zero-order valence-corrected chi connectivity index (χ0v) is 28.7. The maximum atomic E-state index is 14.4. The molecule has 6 rings (SSSR count). The number of methoxy groups -OCH3 is 1. The predicted molar refractivity (Wildman–Crippen MR) is 192 cm³/mol. The van der Waals surface area contributed by atoms with Gasteiger partial charge in [-0.05, 0) is 71.7 Å². The number of oxazole rings is 1. The molecule has 0 unspecified atom stereocenters. The number of carbonyl (C=O) groups is 3. The van der Waals surface area contributed by atoms with Crippen molar-refractivity contribution < 1.29 is 48.0 Å². The van der Waals surface area contributed by atoms with Crippen LogP contribution in [-0.4, -0.2) is 71.1 Å². The average molecular weight is 707 g/mol. The molecule has 5 aromatic rings. The van der Waals surface area contributed by atoms with Crippen molar-refractivity contribution in [1.82, 2.24) is 9.88 Å². The van der Waals surface area contributed by atoms with Crippen LogP contribution in [0.15, 0.2) is 107 Å². The number of para-hydroxylation sites is 2. The van der Waals surface area contributed by atoms with E-state index < -0.39 is 47.6 Å². The number of amides is 1. The SMILES string of the molecule is COCCOC(=O)C(CC(=O)O)=C(O)C(=O)N(Cc1ccc2ccccc2c1)[C@H](C)[C@H](C/C=C/c1nc2ccccc2o1)c1ccc2c(c1)OCO2. The van der Waals surface area contributed by atoms with Crippen LogP contribution in [0.5, 0.6) is 11.5 Å². The number of rotatable bonds is 15. The van der Waals surface area contributed by atoms with Gasteiger partial charge in [-0.2, -0.15) is 0 Å². The molecule has 1 aliphatic rings. The van der Waals surface area contributed by atoms with Gasteiger partial charge in [-0.1, -0.05) is 60.7 Å². The van der Waals surface area contributed by atoms with Crippen molar-refractivity contribution in [2.75, 3.05) is 27.1 Å². The third-order valence-electron chi connectivity index (χ3n) is 8.87. The fourth-order valence-electron chi connectivity index (χ4n) is 6.16. The van der Waals surface area contributed by atoms with E-state index in [4.69, 9.17) is 23.4 Å². The van der Waals surface area contributed by atoms with Crippen LogP contribution in [0.2, 0.25) is 0 Å². The van der Waals surface area contributed by atoms with Crippen LogP contribution < -0.4 is 9.47 Å². The van der Waals surface area contributed by atoms with Gasteiger partial charge < -0.3 is 38.5 Å². The number of hydrogen-bond acceptors (Lipinski definition) is 10. The first-order valence-electron chi connectivity index (χ1n) is 16.7. The normalized spacial score (nSPS) is 14.0. The van der Waals surface area contributed by atoms with Crippen molar-refractivity contribution in [2.24, 2.45) is 0 Å². The van der Waals surface area contributed by atoms with Crippen molar-refractivity contribution in [1.29, 1.82) is 0 Å². The zero-order chi connectivity index (χ0) is 36.6. The minimum atomic E-state index is -1.42. The summed E-state index contributed by atoms with van der Waals surface area (Å²) in [6.07, 6.45) is 3.11. The number of aliphatic hydroxyl groups is 1. The van der Waals surface area contributed by atoms with Gasteiger partial charge in [0.05, 0.1) is 18.6 Å². The summed E-state index contributed by atoms with van der Waals surface area (Å²) in [5, 5.41) is 23.0. The summed E-state index contributed by atoms with van der Waals surface area (Å²) >= 11 is 0. The summed E-state index contributed by atoms with van der Waals surface area (Å²) in [5.41, 5.74) is 2.26. The molecule has 268 valence electrons. The number of aromatic nitrogens is 1. The third-order valence-corrected chi connectivity index (χ3v) is 8.87. The number of carboxylic acids is 1. The van der Waals surface area contributed by atoms with E-state index >= 15 is 0 Å². The highest BCUT2D eigenvalue weighted by Crippen LogP contribution is 2.38. The number of carbonyl (C=O) groups excluding carboxylic acids is 2. The lowest BCUT2D eigenvalue weighted by molar-refractivity contribution is -0.144. The summed E-state index contributed by atoms with van der Waals surface area (Å²) in [5.74, 6) is -3.36. The van der Waals surface area contributed by atoms with Gasteiger partial charge in [-0.3, -0.25) is 9.59 Å². The molecule has 12 heteroatoms. The van der Waals surface area contributed by atoms with Crippen LogP contribution >= 0.6 is 0 Å². The number of fused-ring (bicyclic) bond motifs is 3. The number of esters is 1. The van der Waals surface area contributed by atoms with E-state index in [1.165, 1.54) is 12.0 Å². The Bertz CT molecular complexity index is 2120. The highest BCUT2D eigenvalue weighted by atomic mass is 16.7. The van der Waals surface area contributed by atoms with E-state index in [2.05, 4.69) is 4.98 Å². The van der Waals surface area contributed by atoms with Crippen molar-refractivity contribution in [3.8, 4) is 11.5 Å². The summed E-state index contributed by atoms with van der Waals surface area (Å²) in [7, 11) is 1.41. The van der Waals surface area contributed by atoms with E-state index in [9.17, 15) is 24.6 Å². The van der Waals surface area contributed by atoms with E-state index in [1.807, 2.05) is 91.9 Å². The highest BCUT2D eigenvalue weighted by Gasteiger charge is 2.34. The minimum Gasteiger partial charge on any atom is -0.503 e. The molecule has 2 heterocycles. The molecule has 2 N–H and O–H groups in total. The van der Waals surface area contributed by atoms with Crippen LogP contribution in [0.1, 0.15) is 42.7 Å². The van der Waals surface area contributed by atoms with E-state index in [0.29, 0.717) is 29.4 Å². The third kappa shape index (κ3) is 8.24. The second kappa shape index (κ2) is 16.3. The molecule has 1 amide bonds. The van der Waals surface area contributed by atoms with Crippen molar-refractivity contribution in [3.63, 3.8) is 0 Å². The van der Waals surface area contributed by atoms with Crippen LogP contribution in [0.3, 0.4) is 0 Å². The molecular weight excluding hydrogens is 668 g/mol. The number of carboxylic acid groups (broad SMARTS) is 1. The molecule has 0 fully saturated rings. The lowest BCUT2D eigenvalue weighted by Gasteiger charge is -2.35. The molecule has 0 radical (unpaired) electrons. The number of aliphatic hydroxyl groups excluding tert-OH is 1. The minimum absolute atomic E-state index is 0.0177. The molecule has 1 aromatic heterocycles. The first kappa shape index (κ1) is 35.7. The van der Waals surface area contributed by atoms with Gasteiger partial charge in [0.25, 0.3) is 5.91 Å². The summed E-state index contributed by atoms with van der Waals surface area (Å²) in [6.45, 7) is 1.77. The van der Waals surface area contributed by atoms with E-state index in [0.717, 1.165) is 27.4 Å². The highest BCUT2D eigenvalue weighted by molar-refractivity contribution is 6.03. The second-order valence-electron chi connectivity index (χ2n) is 12.3. The van der Waals surface area contributed by atoms with Gasteiger partial charge in [0.2, 0.25) is 12.7 Å². The van der Waals surface area contributed by atoms with Gasteiger partial charge in [-0.25, -0.2) is 9.78 Å².